The monoisotopic (exact) mass is 255 g/mol. The van der Waals surface area contributed by atoms with Crippen LogP contribution in [0.1, 0.15) is 5.56 Å². The number of nitro benzene ring substituents is 1. The van der Waals surface area contributed by atoms with Gasteiger partial charge < -0.3 is 4.74 Å². The lowest BCUT2D eigenvalue weighted by molar-refractivity contribution is -0.384. The highest BCUT2D eigenvalue weighted by molar-refractivity contribution is 5.53. The summed E-state index contributed by atoms with van der Waals surface area (Å²) in [5, 5.41) is 10.6. The van der Waals surface area contributed by atoms with E-state index in [0.717, 1.165) is 11.3 Å². The molecule has 0 saturated heterocycles. The van der Waals surface area contributed by atoms with E-state index in [1.54, 1.807) is 12.1 Å². The molecule has 0 saturated carbocycles. The third-order valence-electron chi connectivity index (χ3n) is 2.48. The average molecular weight is 255 g/mol. The second-order valence-corrected chi connectivity index (χ2v) is 3.88. The van der Waals surface area contributed by atoms with Crippen molar-refractivity contribution >= 4 is 11.8 Å². The van der Waals surface area contributed by atoms with Gasteiger partial charge in [-0.05, 0) is 23.8 Å². The van der Waals surface area contributed by atoms with Crippen LogP contribution in [0.3, 0.4) is 0 Å². The Morgan fingerprint density at radius 2 is 1.89 bits per heavy atom. The summed E-state index contributed by atoms with van der Waals surface area (Å²) in [6.07, 6.45) is 3.63. The van der Waals surface area contributed by atoms with E-state index in [2.05, 4.69) is 0 Å². The molecule has 0 aliphatic heterocycles. The van der Waals surface area contributed by atoms with E-state index in [-0.39, 0.29) is 5.69 Å². The second-order valence-electron chi connectivity index (χ2n) is 3.88. The molecule has 2 aromatic rings. The number of para-hydroxylation sites is 1. The Bertz CT molecular complexity index is 579. The van der Waals surface area contributed by atoms with Crippen molar-refractivity contribution in [2.45, 2.75) is 0 Å². The van der Waals surface area contributed by atoms with Crippen LogP contribution in [0.15, 0.2) is 60.7 Å². The molecule has 0 fully saturated rings. The normalized spacial score (nSPS) is 10.5. The SMILES string of the molecule is O=[N+]([O-])c1cccc(/C=C/COc2ccccc2)c1. The fourth-order valence-corrected chi connectivity index (χ4v) is 1.59. The van der Waals surface area contributed by atoms with Gasteiger partial charge in [-0.15, -0.1) is 0 Å². The minimum absolute atomic E-state index is 0.0890. The van der Waals surface area contributed by atoms with Gasteiger partial charge in [-0.3, -0.25) is 10.1 Å². The molecule has 4 heteroatoms. The van der Waals surface area contributed by atoms with Gasteiger partial charge in [-0.2, -0.15) is 0 Å². The minimum atomic E-state index is -0.405. The summed E-state index contributed by atoms with van der Waals surface area (Å²) in [5.41, 5.74) is 0.872. The zero-order chi connectivity index (χ0) is 13.5. The Balaban J connectivity index is 1.92. The third kappa shape index (κ3) is 3.96. The first-order chi connectivity index (χ1) is 9.25. The van der Waals surface area contributed by atoms with Crippen LogP contribution in [-0.2, 0) is 0 Å². The van der Waals surface area contributed by atoms with Crippen molar-refractivity contribution in [2.75, 3.05) is 6.61 Å². The van der Waals surface area contributed by atoms with Gasteiger partial charge in [0.2, 0.25) is 0 Å². The van der Waals surface area contributed by atoms with Gasteiger partial charge in [0.25, 0.3) is 5.69 Å². The van der Waals surface area contributed by atoms with Crippen LogP contribution < -0.4 is 4.74 Å². The van der Waals surface area contributed by atoms with Crippen molar-refractivity contribution in [3.8, 4) is 5.75 Å². The first kappa shape index (κ1) is 12.8. The van der Waals surface area contributed by atoms with Crippen molar-refractivity contribution in [2.24, 2.45) is 0 Å². The zero-order valence-electron chi connectivity index (χ0n) is 10.2. The maximum absolute atomic E-state index is 10.6. The fraction of sp³-hybridized carbons (Fsp3) is 0.0667. The molecule has 0 N–H and O–H groups in total. The van der Waals surface area contributed by atoms with Gasteiger partial charge in [0, 0.05) is 12.1 Å². The summed E-state index contributed by atoms with van der Waals surface area (Å²) in [5.74, 6) is 0.797. The molecule has 0 aliphatic rings. The molecule has 2 aromatic carbocycles. The van der Waals surface area contributed by atoms with Gasteiger partial charge in [-0.1, -0.05) is 36.4 Å². The van der Waals surface area contributed by atoms with Crippen molar-refractivity contribution in [1.29, 1.82) is 0 Å². The van der Waals surface area contributed by atoms with Crippen molar-refractivity contribution < 1.29 is 9.66 Å². The number of benzene rings is 2. The average Bonchev–Trinajstić information content (AvgIpc) is 2.45. The number of nitrogens with zero attached hydrogens (tertiary/aromatic N) is 1. The number of rotatable bonds is 5. The summed E-state index contributed by atoms with van der Waals surface area (Å²) in [7, 11) is 0. The van der Waals surface area contributed by atoms with E-state index in [9.17, 15) is 10.1 Å². The maximum atomic E-state index is 10.6. The molecular formula is C15H13NO3. The van der Waals surface area contributed by atoms with E-state index < -0.39 is 4.92 Å². The predicted molar refractivity (Wildman–Crippen MR) is 74.1 cm³/mol. The number of ether oxygens (including phenoxy) is 1. The van der Waals surface area contributed by atoms with Crippen LogP contribution in [0.5, 0.6) is 5.75 Å². The standard InChI is InChI=1S/C15H13NO3/c17-16(18)14-8-4-6-13(12-14)7-5-11-19-15-9-2-1-3-10-15/h1-10,12H,11H2/b7-5+. The van der Waals surface area contributed by atoms with Crippen LogP contribution in [0, 0.1) is 10.1 Å². The van der Waals surface area contributed by atoms with Crippen LogP contribution in [0.4, 0.5) is 5.69 Å². The molecular weight excluding hydrogens is 242 g/mol. The first-order valence-electron chi connectivity index (χ1n) is 5.84. The lowest BCUT2D eigenvalue weighted by Crippen LogP contribution is -1.92. The van der Waals surface area contributed by atoms with E-state index >= 15 is 0 Å². The third-order valence-corrected chi connectivity index (χ3v) is 2.48. The van der Waals surface area contributed by atoms with Crippen molar-refractivity contribution in [3.05, 3.63) is 76.4 Å². The Morgan fingerprint density at radius 3 is 2.63 bits per heavy atom. The van der Waals surface area contributed by atoms with Crippen molar-refractivity contribution in [3.63, 3.8) is 0 Å². The molecule has 2 rings (SSSR count). The summed E-state index contributed by atoms with van der Waals surface area (Å²) in [6, 6.07) is 16.0. The highest BCUT2D eigenvalue weighted by atomic mass is 16.6. The summed E-state index contributed by atoms with van der Waals surface area (Å²) >= 11 is 0. The largest absolute Gasteiger partial charge is 0.490 e. The molecule has 0 heterocycles. The molecule has 4 nitrogen and oxygen atoms in total. The Kier molecular flexibility index (Phi) is 4.29. The second kappa shape index (κ2) is 6.35. The molecule has 0 atom stereocenters. The topological polar surface area (TPSA) is 52.4 Å². The molecule has 19 heavy (non-hydrogen) atoms. The molecule has 0 amide bonds. The number of hydrogen-bond acceptors (Lipinski definition) is 3. The van der Waals surface area contributed by atoms with Crippen LogP contribution in [0.25, 0.3) is 6.08 Å². The predicted octanol–water partition coefficient (Wildman–Crippen LogP) is 3.69. The fourth-order valence-electron chi connectivity index (χ4n) is 1.59. The molecule has 0 unspecified atom stereocenters. The molecule has 0 bridgehead atoms. The van der Waals surface area contributed by atoms with Gasteiger partial charge in [0.1, 0.15) is 12.4 Å². The Morgan fingerprint density at radius 1 is 1.11 bits per heavy atom. The molecule has 0 radical (unpaired) electrons. The summed E-state index contributed by atoms with van der Waals surface area (Å²) < 4.78 is 5.48. The Hall–Kier alpha value is -2.62. The number of non-ortho nitro benzene ring substituents is 1. The van der Waals surface area contributed by atoms with Crippen LogP contribution >= 0.6 is 0 Å². The lowest BCUT2D eigenvalue weighted by Gasteiger charge is -2.01. The van der Waals surface area contributed by atoms with Crippen LogP contribution in [-0.4, -0.2) is 11.5 Å². The van der Waals surface area contributed by atoms with E-state index in [1.807, 2.05) is 42.5 Å². The maximum Gasteiger partial charge on any atom is 0.270 e. The highest BCUT2D eigenvalue weighted by Crippen LogP contribution is 2.14. The molecule has 0 aliphatic carbocycles. The van der Waals surface area contributed by atoms with E-state index in [4.69, 9.17) is 4.74 Å². The minimum Gasteiger partial charge on any atom is -0.490 e. The lowest BCUT2D eigenvalue weighted by atomic mass is 10.2. The number of nitro groups is 1. The smallest absolute Gasteiger partial charge is 0.270 e. The summed E-state index contributed by atoms with van der Waals surface area (Å²) in [4.78, 5) is 10.2. The quantitative estimate of drug-likeness (QED) is 0.604. The van der Waals surface area contributed by atoms with E-state index in [0.29, 0.717) is 6.61 Å². The van der Waals surface area contributed by atoms with Gasteiger partial charge >= 0.3 is 0 Å². The zero-order valence-corrected chi connectivity index (χ0v) is 10.2. The highest BCUT2D eigenvalue weighted by Gasteiger charge is 2.03. The van der Waals surface area contributed by atoms with Gasteiger partial charge in [0.05, 0.1) is 4.92 Å². The van der Waals surface area contributed by atoms with Crippen molar-refractivity contribution in [1.82, 2.24) is 0 Å². The number of hydrogen-bond donors (Lipinski definition) is 0. The van der Waals surface area contributed by atoms with Gasteiger partial charge in [0.15, 0.2) is 0 Å². The van der Waals surface area contributed by atoms with Gasteiger partial charge in [-0.25, -0.2) is 0 Å². The summed E-state index contributed by atoms with van der Waals surface area (Å²) in [6.45, 7) is 0.423. The molecule has 96 valence electrons. The molecule has 0 spiro atoms. The first-order valence-corrected chi connectivity index (χ1v) is 5.84. The van der Waals surface area contributed by atoms with E-state index in [1.165, 1.54) is 12.1 Å². The van der Waals surface area contributed by atoms with Crippen LogP contribution in [0.2, 0.25) is 0 Å². The molecule has 0 aromatic heterocycles. The Labute approximate surface area is 111 Å².